The van der Waals surface area contributed by atoms with Crippen LogP contribution in [0.2, 0.25) is 0 Å². The zero-order valence-corrected chi connectivity index (χ0v) is 16.2. The van der Waals surface area contributed by atoms with Crippen molar-refractivity contribution < 1.29 is 4.79 Å². The van der Waals surface area contributed by atoms with Crippen LogP contribution in [0, 0.1) is 0 Å². The molecule has 28 heavy (non-hydrogen) atoms. The van der Waals surface area contributed by atoms with E-state index in [-0.39, 0.29) is 5.91 Å². The molecule has 0 spiro atoms. The van der Waals surface area contributed by atoms with Gasteiger partial charge in [0.25, 0.3) is 5.91 Å². The third-order valence-corrected chi connectivity index (χ3v) is 5.40. The minimum Gasteiger partial charge on any atom is -0.336 e. The molecule has 4 rings (SSSR count). The number of aryl methyl sites for hydroxylation is 2. The van der Waals surface area contributed by atoms with Crippen molar-refractivity contribution in [2.24, 2.45) is 7.05 Å². The molecule has 0 bridgehead atoms. The summed E-state index contributed by atoms with van der Waals surface area (Å²) < 4.78 is 0. The molecular formula is C22H25N5O. The maximum Gasteiger partial charge on any atom is 0.254 e. The Kier molecular flexibility index (Phi) is 5.46. The number of amides is 1. The first-order chi connectivity index (χ1) is 13.7. The normalized spacial score (nSPS) is 16.9. The van der Waals surface area contributed by atoms with E-state index in [2.05, 4.69) is 44.6 Å². The summed E-state index contributed by atoms with van der Waals surface area (Å²) >= 11 is 0. The molecule has 0 saturated carbocycles. The minimum atomic E-state index is 0.122. The van der Waals surface area contributed by atoms with Crippen LogP contribution in [0.4, 0.5) is 0 Å². The van der Waals surface area contributed by atoms with Crippen LogP contribution in [0.3, 0.4) is 0 Å². The van der Waals surface area contributed by atoms with Gasteiger partial charge in [0, 0.05) is 23.7 Å². The van der Waals surface area contributed by atoms with Gasteiger partial charge in [0.05, 0.1) is 7.05 Å². The number of carbonyl (C=O) groups is 1. The molecule has 1 aliphatic heterocycles. The molecule has 1 amide bonds. The summed E-state index contributed by atoms with van der Waals surface area (Å²) in [5.41, 5.74) is 2.92. The second kappa shape index (κ2) is 8.33. The zero-order chi connectivity index (χ0) is 19.3. The maximum atomic E-state index is 13.2. The highest BCUT2D eigenvalue weighted by atomic mass is 16.2. The first-order valence-corrected chi connectivity index (χ1v) is 9.90. The van der Waals surface area contributed by atoms with Crippen LogP contribution in [0.5, 0.6) is 0 Å². The average Bonchev–Trinajstić information content (AvgIpc) is 3.19. The second-order valence-electron chi connectivity index (χ2n) is 7.35. The summed E-state index contributed by atoms with van der Waals surface area (Å²) in [7, 11) is 1.74. The van der Waals surface area contributed by atoms with Crippen LogP contribution in [0.25, 0.3) is 11.4 Å². The summed E-state index contributed by atoms with van der Waals surface area (Å²) in [6.45, 7) is 0.839. The third kappa shape index (κ3) is 4.11. The number of hydrogen-bond acceptors (Lipinski definition) is 4. The molecule has 0 N–H and O–H groups in total. The van der Waals surface area contributed by atoms with Crippen molar-refractivity contribution in [3.63, 3.8) is 0 Å². The number of nitrogens with zero attached hydrogens (tertiary/aromatic N) is 5. The minimum absolute atomic E-state index is 0.122. The predicted octanol–water partition coefficient (Wildman–Crippen LogP) is 3.50. The second-order valence-corrected chi connectivity index (χ2v) is 7.35. The van der Waals surface area contributed by atoms with Gasteiger partial charge >= 0.3 is 0 Å². The van der Waals surface area contributed by atoms with E-state index in [1.165, 1.54) is 16.8 Å². The fourth-order valence-electron chi connectivity index (χ4n) is 3.87. The molecule has 0 radical (unpaired) electrons. The summed E-state index contributed by atoms with van der Waals surface area (Å²) in [6, 6.07) is 18.4. The van der Waals surface area contributed by atoms with E-state index < -0.39 is 0 Å². The van der Waals surface area contributed by atoms with Gasteiger partial charge in [-0.2, -0.15) is 4.80 Å². The van der Waals surface area contributed by atoms with Gasteiger partial charge in [-0.1, -0.05) is 42.5 Å². The van der Waals surface area contributed by atoms with Crippen LogP contribution in [-0.4, -0.2) is 43.6 Å². The number of piperidine rings is 1. The monoisotopic (exact) mass is 375 g/mol. The Balaban J connectivity index is 1.45. The van der Waals surface area contributed by atoms with Gasteiger partial charge in [0.2, 0.25) is 5.82 Å². The van der Waals surface area contributed by atoms with Crippen molar-refractivity contribution in [1.29, 1.82) is 0 Å². The lowest BCUT2D eigenvalue weighted by atomic mass is 9.95. The van der Waals surface area contributed by atoms with Gasteiger partial charge in [-0.3, -0.25) is 4.79 Å². The van der Waals surface area contributed by atoms with E-state index in [0.717, 1.165) is 43.4 Å². The number of rotatable bonds is 5. The van der Waals surface area contributed by atoms with Gasteiger partial charge in [0.1, 0.15) is 0 Å². The number of benzene rings is 2. The molecule has 144 valence electrons. The molecule has 1 aliphatic rings. The quantitative estimate of drug-likeness (QED) is 0.685. The highest BCUT2D eigenvalue weighted by Crippen LogP contribution is 2.24. The number of tetrazole rings is 1. The molecule has 2 aromatic carbocycles. The van der Waals surface area contributed by atoms with Crippen molar-refractivity contribution in [3.8, 4) is 11.4 Å². The highest BCUT2D eigenvalue weighted by molar-refractivity contribution is 5.94. The number of aromatic nitrogens is 4. The molecule has 3 aromatic rings. The summed E-state index contributed by atoms with van der Waals surface area (Å²) in [5.74, 6) is 0.691. The van der Waals surface area contributed by atoms with Crippen molar-refractivity contribution in [2.75, 3.05) is 6.54 Å². The van der Waals surface area contributed by atoms with E-state index in [1.807, 2.05) is 30.3 Å². The largest absolute Gasteiger partial charge is 0.336 e. The Morgan fingerprint density at radius 2 is 1.86 bits per heavy atom. The summed E-state index contributed by atoms with van der Waals surface area (Å²) in [4.78, 5) is 16.7. The SMILES string of the molecule is Cn1nnc(-c2ccc(C(=O)N3CCCCC3CCc3ccccc3)cc2)n1. The lowest BCUT2D eigenvalue weighted by Gasteiger charge is -2.36. The van der Waals surface area contributed by atoms with Gasteiger partial charge in [-0.15, -0.1) is 10.2 Å². The standard InChI is InChI=1S/C22H25N5O/c1-26-24-21(23-25-26)18-11-13-19(14-12-18)22(28)27-16-6-5-9-20(27)15-10-17-7-3-2-4-8-17/h2-4,7-8,11-14,20H,5-6,9-10,15-16H2,1H3. The Morgan fingerprint density at radius 3 is 2.57 bits per heavy atom. The lowest BCUT2D eigenvalue weighted by molar-refractivity contribution is 0.0602. The summed E-state index contributed by atoms with van der Waals surface area (Å²) in [6.07, 6.45) is 5.37. The van der Waals surface area contributed by atoms with E-state index in [0.29, 0.717) is 11.9 Å². The van der Waals surface area contributed by atoms with Crippen molar-refractivity contribution >= 4 is 5.91 Å². The molecule has 1 unspecified atom stereocenters. The smallest absolute Gasteiger partial charge is 0.254 e. The van der Waals surface area contributed by atoms with Crippen LogP contribution >= 0.6 is 0 Å². The lowest BCUT2D eigenvalue weighted by Crippen LogP contribution is -2.44. The van der Waals surface area contributed by atoms with Crippen molar-refractivity contribution in [3.05, 3.63) is 65.7 Å². The molecule has 1 atom stereocenters. The van der Waals surface area contributed by atoms with E-state index in [1.54, 1.807) is 7.05 Å². The fraction of sp³-hybridized carbons (Fsp3) is 0.364. The van der Waals surface area contributed by atoms with Gasteiger partial charge in [-0.05, 0) is 55.0 Å². The Labute approximate surface area is 165 Å². The maximum absolute atomic E-state index is 13.2. The summed E-state index contributed by atoms with van der Waals surface area (Å²) in [5, 5.41) is 12.1. The molecular weight excluding hydrogens is 350 g/mol. The molecule has 1 fully saturated rings. The first-order valence-electron chi connectivity index (χ1n) is 9.90. The number of likely N-dealkylation sites (tertiary alicyclic amines) is 1. The highest BCUT2D eigenvalue weighted by Gasteiger charge is 2.27. The van der Waals surface area contributed by atoms with Crippen LogP contribution < -0.4 is 0 Å². The van der Waals surface area contributed by atoms with Crippen LogP contribution in [0.1, 0.15) is 41.6 Å². The fourth-order valence-corrected chi connectivity index (χ4v) is 3.87. The van der Waals surface area contributed by atoms with E-state index in [9.17, 15) is 4.79 Å². The van der Waals surface area contributed by atoms with E-state index in [4.69, 9.17) is 0 Å². The Bertz CT molecular complexity index is 920. The number of hydrogen-bond donors (Lipinski definition) is 0. The average molecular weight is 375 g/mol. The molecule has 2 heterocycles. The molecule has 6 nitrogen and oxygen atoms in total. The molecule has 1 saturated heterocycles. The molecule has 6 heteroatoms. The number of carbonyl (C=O) groups excluding carboxylic acids is 1. The topological polar surface area (TPSA) is 63.9 Å². The molecule has 1 aromatic heterocycles. The predicted molar refractivity (Wildman–Crippen MR) is 108 cm³/mol. The van der Waals surface area contributed by atoms with Crippen molar-refractivity contribution in [2.45, 2.75) is 38.1 Å². The van der Waals surface area contributed by atoms with Crippen molar-refractivity contribution in [1.82, 2.24) is 25.1 Å². The van der Waals surface area contributed by atoms with Crippen LogP contribution in [0.15, 0.2) is 54.6 Å². The van der Waals surface area contributed by atoms with Gasteiger partial charge in [0.15, 0.2) is 0 Å². The Hall–Kier alpha value is -3.02. The third-order valence-electron chi connectivity index (χ3n) is 5.40. The van der Waals surface area contributed by atoms with Gasteiger partial charge in [-0.25, -0.2) is 0 Å². The van der Waals surface area contributed by atoms with E-state index >= 15 is 0 Å². The van der Waals surface area contributed by atoms with Crippen LogP contribution in [-0.2, 0) is 13.5 Å². The first kappa shape index (κ1) is 18.3. The molecule has 0 aliphatic carbocycles. The zero-order valence-electron chi connectivity index (χ0n) is 16.2. The van der Waals surface area contributed by atoms with Gasteiger partial charge < -0.3 is 4.90 Å². The Morgan fingerprint density at radius 1 is 1.07 bits per heavy atom.